The predicted octanol–water partition coefficient (Wildman–Crippen LogP) is 2.22. The molecule has 0 radical (unpaired) electrons. The van der Waals surface area contributed by atoms with Crippen LogP contribution in [0.25, 0.3) is 0 Å². The van der Waals surface area contributed by atoms with Crippen LogP contribution in [-0.4, -0.2) is 18.3 Å². The van der Waals surface area contributed by atoms with Gasteiger partial charge in [0, 0.05) is 0 Å². The zero-order valence-electron chi connectivity index (χ0n) is 5.72. The van der Waals surface area contributed by atoms with E-state index in [1.807, 2.05) is 0 Å². The van der Waals surface area contributed by atoms with Gasteiger partial charge in [-0.25, -0.2) is 0 Å². The zero-order chi connectivity index (χ0) is 6.99. The first-order valence-electron chi connectivity index (χ1n) is 2.19. The fourth-order valence-electron chi connectivity index (χ4n) is 0. The highest BCUT2D eigenvalue weighted by atomic mass is 33.1. The number of hydrogen-bond donors (Lipinski definition) is 0. The topological polar surface area (TPSA) is 17.1 Å². The first-order chi connectivity index (χ1) is 3.65. The van der Waals surface area contributed by atoms with Crippen LogP contribution in [0.3, 0.4) is 0 Å². The lowest BCUT2D eigenvalue weighted by Crippen LogP contribution is -1.69. The Morgan fingerprint density at radius 3 is 1.25 bits per heavy atom. The number of ketones is 1. The summed E-state index contributed by atoms with van der Waals surface area (Å²) < 4.78 is 0. The highest BCUT2D eigenvalue weighted by molar-refractivity contribution is 8.76. The van der Waals surface area contributed by atoms with Crippen LogP contribution in [0.5, 0.6) is 0 Å². The summed E-state index contributed by atoms with van der Waals surface area (Å²) in [7, 11) is 3.55. The molecule has 0 aromatic heterocycles. The zero-order valence-corrected chi connectivity index (χ0v) is 7.36. The molecule has 0 bridgehead atoms. The largest absolute Gasteiger partial charge is 0.300 e. The van der Waals surface area contributed by atoms with Gasteiger partial charge in [-0.1, -0.05) is 21.6 Å². The molecule has 0 aromatic carbocycles. The molecule has 0 fully saturated rings. The summed E-state index contributed by atoms with van der Waals surface area (Å²) in [5.74, 6) is 0.167. The van der Waals surface area contributed by atoms with E-state index in [0.29, 0.717) is 0 Å². The molecule has 0 aliphatic rings. The van der Waals surface area contributed by atoms with E-state index in [0.717, 1.165) is 0 Å². The van der Waals surface area contributed by atoms with E-state index in [1.54, 1.807) is 21.6 Å². The van der Waals surface area contributed by atoms with Gasteiger partial charge in [0.25, 0.3) is 0 Å². The highest BCUT2D eigenvalue weighted by Gasteiger charge is 1.62. The monoisotopic (exact) mass is 152 g/mol. The van der Waals surface area contributed by atoms with Crippen molar-refractivity contribution >= 4 is 27.4 Å². The third-order valence-corrected chi connectivity index (χ3v) is 1.50. The van der Waals surface area contributed by atoms with Gasteiger partial charge in [0.05, 0.1) is 0 Å². The summed E-state index contributed by atoms with van der Waals surface area (Å²) in [5, 5.41) is 0. The maximum absolute atomic E-state index is 9.44. The van der Waals surface area contributed by atoms with Gasteiger partial charge in [0.15, 0.2) is 0 Å². The maximum Gasteiger partial charge on any atom is 0.126 e. The van der Waals surface area contributed by atoms with E-state index in [1.165, 1.54) is 13.8 Å². The lowest BCUT2D eigenvalue weighted by atomic mass is 10.6. The van der Waals surface area contributed by atoms with Crippen molar-refractivity contribution in [1.29, 1.82) is 0 Å². The van der Waals surface area contributed by atoms with Gasteiger partial charge < -0.3 is 4.79 Å². The number of rotatable bonds is 1. The predicted molar refractivity (Wildman–Crippen MR) is 43.4 cm³/mol. The Labute approximate surface area is 59.0 Å². The average Bonchev–Trinajstić information content (AvgIpc) is 1.65. The van der Waals surface area contributed by atoms with Crippen LogP contribution in [0, 0.1) is 0 Å². The average molecular weight is 152 g/mol. The van der Waals surface area contributed by atoms with Crippen LogP contribution in [0.1, 0.15) is 13.8 Å². The van der Waals surface area contributed by atoms with Crippen molar-refractivity contribution in [2.45, 2.75) is 13.8 Å². The Balaban J connectivity index is 0. The fourth-order valence-corrected chi connectivity index (χ4v) is 0. The highest BCUT2D eigenvalue weighted by Crippen LogP contribution is 2.09. The summed E-state index contributed by atoms with van der Waals surface area (Å²) in [6.07, 6.45) is 4.12. The molecule has 0 heterocycles. The molecule has 0 aromatic rings. The minimum absolute atomic E-state index is 0.167. The maximum atomic E-state index is 9.44. The van der Waals surface area contributed by atoms with Crippen LogP contribution in [-0.2, 0) is 4.79 Å². The van der Waals surface area contributed by atoms with Gasteiger partial charge in [-0.3, -0.25) is 0 Å². The van der Waals surface area contributed by atoms with Gasteiger partial charge >= 0.3 is 0 Å². The number of Topliss-reactive ketones (excluding diaryl/α,β-unsaturated/α-hetero) is 1. The number of carbonyl (C=O) groups is 1. The molecule has 0 N–H and O–H groups in total. The van der Waals surface area contributed by atoms with Crippen molar-refractivity contribution in [3.05, 3.63) is 0 Å². The molecular weight excluding hydrogens is 140 g/mol. The molecule has 1 nitrogen and oxygen atoms in total. The Bertz CT molecular complexity index is 48.4. The molecule has 8 heavy (non-hydrogen) atoms. The molecule has 0 rings (SSSR count). The second-order valence-electron chi connectivity index (χ2n) is 1.24. The van der Waals surface area contributed by atoms with E-state index < -0.39 is 0 Å². The van der Waals surface area contributed by atoms with Crippen molar-refractivity contribution in [2.24, 2.45) is 0 Å². The van der Waals surface area contributed by atoms with Crippen LogP contribution in [0.4, 0.5) is 0 Å². The minimum Gasteiger partial charge on any atom is -0.300 e. The quantitative estimate of drug-likeness (QED) is 0.536. The Morgan fingerprint density at radius 2 is 1.25 bits per heavy atom. The van der Waals surface area contributed by atoms with Crippen LogP contribution < -0.4 is 0 Å². The van der Waals surface area contributed by atoms with Crippen molar-refractivity contribution in [1.82, 2.24) is 0 Å². The van der Waals surface area contributed by atoms with Crippen molar-refractivity contribution in [2.75, 3.05) is 12.5 Å². The first-order valence-corrected chi connectivity index (χ1v) is 5.15. The second-order valence-corrected chi connectivity index (χ2v) is 3.91. The van der Waals surface area contributed by atoms with E-state index in [4.69, 9.17) is 0 Å². The van der Waals surface area contributed by atoms with Gasteiger partial charge in [-0.2, -0.15) is 0 Å². The fraction of sp³-hybridized carbons (Fsp3) is 0.800. The van der Waals surface area contributed by atoms with Gasteiger partial charge in [0.1, 0.15) is 5.78 Å². The third kappa shape index (κ3) is 97.9. The Morgan fingerprint density at radius 1 is 1.12 bits per heavy atom. The molecule has 0 saturated carbocycles. The molecule has 0 atom stereocenters. The molecular formula is C5H12OS2. The molecule has 0 spiro atoms. The van der Waals surface area contributed by atoms with Crippen LogP contribution in [0.2, 0.25) is 0 Å². The number of hydrogen-bond acceptors (Lipinski definition) is 3. The minimum atomic E-state index is 0.167. The van der Waals surface area contributed by atoms with Crippen molar-refractivity contribution in [3.63, 3.8) is 0 Å². The van der Waals surface area contributed by atoms with E-state index in [-0.39, 0.29) is 5.78 Å². The van der Waals surface area contributed by atoms with E-state index >= 15 is 0 Å². The van der Waals surface area contributed by atoms with Gasteiger partial charge in [-0.15, -0.1) is 0 Å². The summed E-state index contributed by atoms with van der Waals surface area (Å²) in [4.78, 5) is 9.44. The summed E-state index contributed by atoms with van der Waals surface area (Å²) in [6, 6.07) is 0. The standard InChI is InChI=1S/C3H6O.C2H6S2/c1-3(2)4;1-3-4-2/h2*1-2H3. The third-order valence-electron chi connectivity index (χ3n) is 0.167. The second kappa shape index (κ2) is 10.4. The van der Waals surface area contributed by atoms with Gasteiger partial charge in [0.2, 0.25) is 0 Å². The van der Waals surface area contributed by atoms with E-state index in [9.17, 15) is 4.79 Å². The van der Waals surface area contributed by atoms with Gasteiger partial charge in [-0.05, 0) is 26.4 Å². The molecule has 0 aliphatic carbocycles. The molecule has 0 amide bonds. The molecule has 0 saturated heterocycles. The number of carbonyl (C=O) groups excluding carboxylic acids is 1. The molecule has 3 heteroatoms. The molecule has 50 valence electrons. The van der Waals surface area contributed by atoms with Crippen LogP contribution >= 0.6 is 21.6 Å². The Hall–Kier alpha value is 0.370. The molecule has 0 aliphatic heterocycles. The first kappa shape index (κ1) is 11.2. The smallest absolute Gasteiger partial charge is 0.126 e. The summed E-state index contributed by atoms with van der Waals surface area (Å²) in [5.41, 5.74) is 0. The van der Waals surface area contributed by atoms with Crippen LogP contribution in [0.15, 0.2) is 0 Å². The van der Waals surface area contributed by atoms with E-state index in [2.05, 4.69) is 12.5 Å². The van der Waals surface area contributed by atoms with Crippen molar-refractivity contribution < 1.29 is 4.79 Å². The Kier molecular flexibility index (Phi) is 14.5. The molecule has 0 unspecified atom stereocenters. The summed E-state index contributed by atoms with van der Waals surface area (Å²) >= 11 is 0. The van der Waals surface area contributed by atoms with Crippen molar-refractivity contribution in [3.8, 4) is 0 Å². The lowest BCUT2D eigenvalue weighted by molar-refractivity contribution is -0.114. The summed E-state index contributed by atoms with van der Waals surface area (Å²) in [6.45, 7) is 3.06. The lowest BCUT2D eigenvalue weighted by Gasteiger charge is -1.69. The normalized spacial score (nSPS) is 7.00. The SMILES string of the molecule is CC(C)=O.CSSC.